The molecule has 0 aliphatic rings. The standard InChI is InChI=1S/C17H19BrO3/c1-3-20-13-7-5-12(6-8-13)17(19)15-10-9-14(21-4-2)11-16(15)18/h5-11,17,19H,3-4H2,1-2H3. The molecule has 4 heteroatoms. The Labute approximate surface area is 133 Å². The maximum atomic E-state index is 10.5. The zero-order valence-corrected chi connectivity index (χ0v) is 13.8. The number of rotatable bonds is 6. The van der Waals surface area contributed by atoms with Crippen molar-refractivity contribution >= 4 is 15.9 Å². The van der Waals surface area contributed by atoms with E-state index in [1.165, 1.54) is 0 Å². The highest BCUT2D eigenvalue weighted by molar-refractivity contribution is 9.10. The third-order valence-corrected chi connectivity index (χ3v) is 3.77. The molecule has 0 heterocycles. The molecule has 21 heavy (non-hydrogen) atoms. The van der Waals surface area contributed by atoms with Crippen molar-refractivity contribution < 1.29 is 14.6 Å². The average molecular weight is 351 g/mol. The molecule has 0 saturated carbocycles. The van der Waals surface area contributed by atoms with Gasteiger partial charge in [0.15, 0.2) is 0 Å². The van der Waals surface area contributed by atoms with Crippen molar-refractivity contribution in [3.63, 3.8) is 0 Å². The molecule has 1 unspecified atom stereocenters. The Morgan fingerprint density at radius 1 is 0.952 bits per heavy atom. The van der Waals surface area contributed by atoms with E-state index in [0.717, 1.165) is 27.1 Å². The van der Waals surface area contributed by atoms with Crippen molar-refractivity contribution in [3.05, 3.63) is 58.1 Å². The maximum Gasteiger partial charge on any atom is 0.120 e. The van der Waals surface area contributed by atoms with Crippen molar-refractivity contribution in [2.45, 2.75) is 20.0 Å². The summed E-state index contributed by atoms with van der Waals surface area (Å²) in [6, 6.07) is 13.1. The summed E-state index contributed by atoms with van der Waals surface area (Å²) in [4.78, 5) is 0. The van der Waals surface area contributed by atoms with Gasteiger partial charge in [-0.1, -0.05) is 34.1 Å². The van der Waals surface area contributed by atoms with E-state index in [1.807, 2.05) is 56.3 Å². The van der Waals surface area contributed by atoms with Crippen LogP contribution in [0.25, 0.3) is 0 Å². The van der Waals surface area contributed by atoms with Gasteiger partial charge >= 0.3 is 0 Å². The number of benzene rings is 2. The number of halogens is 1. The van der Waals surface area contributed by atoms with Crippen LogP contribution in [0.15, 0.2) is 46.9 Å². The zero-order chi connectivity index (χ0) is 15.2. The second kappa shape index (κ2) is 7.48. The van der Waals surface area contributed by atoms with Gasteiger partial charge in [-0.3, -0.25) is 0 Å². The van der Waals surface area contributed by atoms with E-state index in [-0.39, 0.29) is 0 Å². The van der Waals surface area contributed by atoms with Gasteiger partial charge in [-0.15, -0.1) is 0 Å². The summed E-state index contributed by atoms with van der Waals surface area (Å²) in [6.07, 6.45) is -0.689. The first-order valence-electron chi connectivity index (χ1n) is 6.98. The fraction of sp³-hybridized carbons (Fsp3) is 0.294. The van der Waals surface area contributed by atoms with Crippen LogP contribution in [0.4, 0.5) is 0 Å². The fourth-order valence-electron chi connectivity index (χ4n) is 2.08. The van der Waals surface area contributed by atoms with Crippen molar-refractivity contribution in [2.75, 3.05) is 13.2 Å². The van der Waals surface area contributed by atoms with Crippen LogP contribution in [0.5, 0.6) is 11.5 Å². The largest absolute Gasteiger partial charge is 0.494 e. The monoisotopic (exact) mass is 350 g/mol. The molecular weight excluding hydrogens is 332 g/mol. The Hall–Kier alpha value is -1.52. The molecule has 0 bridgehead atoms. The molecule has 0 spiro atoms. The lowest BCUT2D eigenvalue weighted by Crippen LogP contribution is -2.02. The van der Waals surface area contributed by atoms with Gasteiger partial charge in [-0.05, 0) is 49.2 Å². The van der Waals surface area contributed by atoms with Gasteiger partial charge in [0, 0.05) is 4.47 Å². The van der Waals surface area contributed by atoms with Gasteiger partial charge in [-0.25, -0.2) is 0 Å². The van der Waals surface area contributed by atoms with Crippen molar-refractivity contribution in [1.29, 1.82) is 0 Å². The highest BCUT2D eigenvalue weighted by Crippen LogP contribution is 2.32. The minimum absolute atomic E-state index is 0.618. The maximum absolute atomic E-state index is 10.5. The fourth-order valence-corrected chi connectivity index (χ4v) is 2.65. The second-order valence-electron chi connectivity index (χ2n) is 4.52. The predicted octanol–water partition coefficient (Wildman–Crippen LogP) is 4.33. The third-order valence-electron chi connectivity index (χ3n) is 3.08. The molecular formula is C17H19BrO3. The van der Waals surface area contributed by atoms with Crippen molar-refractivity contribution in [2.24, 2.45) is 0 Å². The number of hydrogen-bond acceptors (Lipinski definition) is 3. The molecule has 0 aliphatic carbocycles. The zero-order valence-electron chi connectivity index (χ0n) is 12.2. The summed E-state index contributed by atoms with van der Waals surface area (Å²) >= 11 is 3.49. The molecule has 1 N–H and O–H groups in total. The Morgan fingerprint density at radius 3 is 2.10 bits per heavy atom. The molecule has 0 saturated heterocycles. The van der Waals surface area contributed by atoms with Crippen LogP contribution < -0.4 is 9.47 Å². The lowest BCUT2D eigenvalue weighted by atomic mass is 10.0. The average Bonchev–Trinajstić information content (AvgIpc) is 2.48. The van der Waals surface area contributed by atoms with Crippen LogP contribution in [0.3, 0.4) is 0 Å². The Balaban J connectivity index is 2.20. The summed E-state index contributed by atoms with van der Waals surface area (Å²) in [5.41, 5.74) is 1.63. The highest BCUT2D eigenvalue weighted by atomic mass is 79.9. The van der Waals surface area contributed by atoms with Crippen LogP contribution in [0.2, 0.25) is 0 Å². The summed E-state index contributed by atoms with van der Waals surface area (Å²) in [7, 11) is 0. The minimum atomic E-state index is -0.689. The van der Waals surface area contributed by atoms with Crippen LogP contribution in [0.1, 0.15) is 31.1 Å². The number of hydrogen-bond donors (Lipinski definition) is 1. The molecule has 0 radical (unpaired) electrons. The smallest absolute Gasteiger partial charge is 0.120 e. The van der Waals surface area contributed by atoms with Crippen LogP contribution in [-0.2, 0) is 0 Å². The third kappa shape index (κ3) is 3.99. The quantitative estimate of drug-likeness (QED) is 0.842. The van der Waals surface area contributed by atoms with Gasteiger partial charge in [0.05, 0.1) is 13.2 Å². The van der Waals surface area contributed by atoms with E-state index >= 15 is 0 Å². The van der Waals surface area contributed by atoms with E-state index in [2.05, 4.69) is 15.9 Å². The first kappa shape index (κ1) is 15.9. The molecule has 0 aromatic heterocycles. The van der Waals surface area contributed by atoms with E-state index in [0.29, 0.717) is 13.2 Å². The first-order chi connectivity index (χ1) is 10.2. The first-order valence-corrected chi connectivity index (χ1v) is 7.78. The van der Waals surface area contributed by atoms with Crippen LogP contribution >= 0.6 is 15.9 Å². The number of aliphatic hydroxyl groups excluding tert-OH is 1. The van der Waals surface area contributed by atoms with Gasteiger partial charge in [0.1, 0.15) is 17.6 Å². The van der Waals surface area contributed by atoms with E-state index in [1.54, 1.807) is 0 Å². The highest BCUT2D eigenvalue weighted by Gasteiger charge is 2.14. The summed E-state index contributed by atoms with van der Waals surface area (Å²) in [5, 5.41) is 10.5. The topological polar surface area (TPSA) is 38.7 Å². The molecule has 112 valence electrons. The predicted molar refractivity (Wildman–Crippen MR) is 87.0 cm³/mol. The van der Waals surface area contributed by atoms with Gasteiger partial charge in [0.25, 0.3) is 0 Å². The molecule has 3 nitrogen and oxygen atoms in total. The summed E-state index contributed by atoms with van der Waals surface area (Å²) in [6.45, 7) is 5.13. The lowest BCUT2D eigenvalue weighted by Gasteiger charge is -2.15. The van der Waals surface area contributed by atoms with Gasteiger partial charge in [0.2, 0.25) is 0 Å². The Kier molecular flexibility index (Phi) is 5.65. The lowest BCUT2D eigenvalue weighted by molar-refractivity contribution is 0.219. The molecule has 0 fully saturated rings. The normalized spacial score (nSPS) is 12.0. The Morgan fingerprint density at radius 2 is 1.52 bits per heavy atom. The molecule has 2 aromatic rings. The second-order valence-corrected chi connectivity index (χ2v) is 5.38. The summed E-state index contributed by atoms with van der Waals surface area (Å²) in [5.74, 6) is 1.59. The van der Waals surface area contributed by atoms with E-state index in [4.69, 9.17) is 9.47 Å². The molecule has 1 atom stereocenters. The number of aliphatic hydroxyl groups is 1. The number of ether oxygens (including phenoxy) is 2. The SMILES string of the molecule is CCOc1ccc(C(O)c2ccc(OCC)cc2Br)cc1. The molecule has 2 aromatic carbocycles. The minimum Gasteiger partial charge on any atom is -0.494 e. The Bertz CT molecular complexity index is 581. The van der Waals surface area contributed by atoms with E-state index in [9.17, 15) is 5.11 Å². The van der Waals surface area contributed by atoms with Gasteiger partial charge < -0.3 is 14.6 Å². The van der Waals surface area contributed by atoms with Crippen LogP contribution in [0, 0.1) is 0 Å². The summed E-state index contributed by atoms with van der Waals surface area (Å²) < 4.78 is 11.7. The van der Waals surface area contributed by atoms with E-state index < -0.39 is 6.10 Å². The molecule has 0 amide bonds. The molecule has 2 rings (SSSR count). The van der Waals surface area contributed by atoms with Crippen molar-refractivity contribution in [1.82, 2.24) is 0 Å². The van der Waals surface area contributed by atoms with Crippen molar-refractivity contribution in [3.8, 4) is 11.5 Å². The molecule has 0 aliphatic heterocycles. The van der Waals surface area contributed by atoms with Gasteiger partial charge in [-0.2, -0.15) is 0 Å². The van der Waals surface area contributed by atoms with Crippen LogP contribution in [-0.4, -0.2) is 18.3 Å².